The number of piperidine rings is 1. The van der Waals surface area contributed by atoms with Crippen LogP contribution in [0.15, 0.2) is 60.9 Å². The second-order valence-corrected chi connectivity index (χ2v) is 11.3. The van der Waals surface area contributed by atoms with Gasteiger partial charge in [0.15, 0.2) is 0 Å². The lowest BCUT2D eigenvalue weighted by Gasteiger charge is -2.34. The summed E-state index contributed by atoms with van der Waals surface area (Å²) in [6, 6.07) is 16.4. The number of amides is 1. The first-order chi connectivity index (χ1) is 18.2. The first kappa shape index (κ1) is 24.6. The number of nitrogens with two attached hydrogens (primary N) is 1. The molecule has 3 N–H and O–H groups in total. The van der Waals surface area contributed by atoms with Crippen LogP contribution in [0.3, 0.4) is 0 Å². The van der Waals surface area contributed by atoms with Crippen LogP contribution >= 0.6 is 0 Å². The molecule has 4 heterocycles. The summed E-state index contributed by atoms with van der Waals surface area (Å²) in [5.74, 6) is 2.12. The van der Waals surface area contributed by atoms with Crippen LogP contribution in [0.25, 0.3) is 16.8 Å². The number of aromatic nitrogens is 3. The zero-order chi connectivity index (χ0) is 26.6. The maximum atomic E-state index is 12.4. The molecule has 196 valence electrons. The molecule has 4 aromatic rings. The van der Waals surface area contributed by atoms with Gasteiger partial charge in [-0.05, 0) is 48.8 Å². The van der Waals surface area contributed by atoms with Gasteiger partial charge in [-0.25, -0.2) is 9.97 Å². The Bertz CT molecular complexity index is 1500. The molecule has 2 fully saturated rings. The van der Waals surface area contributed by atoms with Gasteiger partial charge in [-0.2, -0.15) is 0 Å². The van der Waals surface area contributed by atoms with Gasteiger partial charge in [-0.3, -0.25) is 9.20 Å². The van der Waals surface area contributed by atoms with E-state index in [9.17, 15) is 9.90 Å². The maximum absolute atomic E-state index is 12.4. The summed E-state index contributed by atoms with van der Waals surface area (Å²) in [5, 5.41) is 11.5. The number of aliphatic hydroxyl groups is 1. The predicted octanol–water partition coefficient (Wildman–Crippen LogP) is 5.23. The summed E-state index contributed by atoms with van der Waals surface area (Å²) in [4.78, 5) is 23.9. The highest BCUT2D eigenvalue weighted by atomic mass is 16.3. The van der Waals surface area contributed by atoms with Crippen molar-refractivity contribution >= 4 is 17.2 Å². The lowest BCUT2D eigenvalue weighted by Crippen LogP contribution is -2.41. The summed E-state index contributed by atoms with van der Waals surface area (Å²) in [6.45, 7) is 6.84. The summed E-state index contributed by atoms with van der Waals surface area (Å²) in [6.07, 6.45) is 7.23. The van der Waals surface area contributed by atoms with Crippen LogP contribution in [0.5, 0.6) is 0 Å². The Morgan fingerprint density at radius 1 is 1.08 bits per heavy atom. The molecule has 38 heavy (non-hydrogen) atoms. The Hall–Kier alpha value is -3.71. The molecule has 2 aliphatic heterocycles. The SMILES string of the molecule is CC(C)c1cccc(C(C)(O)c2ccc(-c3nc([C@@H]4CC[C@H]5CCC(=O)N5C4)n4ccnc(N)c34)cc2)c1. The van der Waals surface area contributed by atoms with E-state index in [4.69, 9.17) is 10.7 Å². The summed E-state index contributed by atoms with van der Waals surface area (Å²) < 4.78 is 2.05. The van der Waals surface area contributed by atoms with E-state index in [0.29, 0.717) is 30.7 Å². The summed E-state index contributed by atoms with van der Waals surface area (Å²) >= 11 is 0. The van der Waals surface area contributed by atoms with E-state index >= 15 is 0 Å². The topological polar surface area (TPSA) is 96.8 Å². The standard InChI is InChI=1S/C31H35N5O2/c1-19(2)21-5-4-6-24(17-21)31(3,38)23-10-7-20(8-11-23)27-28-29(32)33-15-16-35(28)30(34-27)22-9-12-25-13-14-26(37)36(25)18-22/h4-8,10-11,15-17,19,22,25,38H,9,12-14,18H2,1-3H3,(H2,32,33)/t22-,25+,31?/m1/s1. The fourth-order valence-corrected chi connectivity index (χ4v) is 6.17. The van der Waals surface area contributed by atoms with Gasteiger partial charge < -0.3 is 15.7 Å². The highest BCUT2D eigenvalue weighted by Gasteiger charge is 2.38. The Morgan fingerprint density at radius 2 is 1.87 bits per heavy atom. The van der Waals surface area contributed by atoms with Crippen molar-refractivity contribution in [3.8, 4) is 11.3 Å². The van der Waals surface area contributed by atoms with Crippen LogP contribution in [0, 0.1) is 0 Å². The van der Waals surface area contributed by atoms with E-state index in [0.717, 1.165) is 53.0 Å². The average Bonchev–Trinajstić information content (AvgIpc) is 3.50. The third-order valence-electron chi connectivity index (χ3n) is 8.53. The molecule has 1 amide bonds. The van der Waals surface area contributed by atoms with E-state index in [2.05, 4.69) is 31.0 Å². The quantitative estimate of drug-likeness (QED) is 0.384. The summed E-state index contributed by atoms with van der Waals surface area (Å²) in [5.41, 5.74) is 10.6. The van der Waals surface area contributed by atoms with Crippen LogP contribution in [-0.4, -0.2) is 42.9 Å². The third-order valence-corrected chi connectivity index (χ3v) is 8.53. The van der Waals surface area contributed by atoms with Crippen molar-refractivity contribution in [1.29, 1.82) is 0 Å². The molecule has 0 aliphatic carbocycles. The largest absolute Gasteiger partial charge is 0.382 e. The molecular formula is C31H35N5O2. The number of nitrogen functional groups attached to an aromatic ring is 1. The van der Waals surface area contributed by atoms with E-state index in [1.807, 2.05) is 58.8 Å². The number of nitrogens with zero attached hydrogens (tertiary/aromatic N) is 4. The van der Waals surface area contributed by atoms with Gasteiger partial charge >= 0.3 is 0 Å². The second-order valence-electron chi connectivity index (χ2n) is 11.3. The normalized spacial score (nSPS) is 21.2. The molecule has 2 aromatic carbocycles. The number of imidazole rings is 1. The van der Waals surface area contributed by atoms with Crippen molar-refractivity contribution in [2.24, 2.45) is 0 Å². The Morgan fingerprint density at radius 3 is 2.63 bits per heavy atom. The number of rotatable bonds is 5. The molecule has 3 atom stereocenters. The minimum absolute atomic E-state index is 0.143. The molecule has 7 nitrogen and oxygen atoms in total. The number of hydrogen-bond acceptors (Lipinski definition) is 5. The monoisotopic (exact) mass is 509 g/mol. The van der Waals surface area contributed by atoms with E-state index in [-0.39, 0.29) is 11.8 Å². The number of benzene rings is 2. The lowest BCUT2D eigenvalue weighted by atomic mass is 9.85. The molecule has 0 spiro atoms. The molecule has 6 rings (SSSR count). The fourth-order valence-electron chi connectivity index (χ4n) is 6.17. The van der Waals surface area contributed by atoms with Crippen molar-refractivity contribution in [1.82, 2.24) is 19.3 Å². The smallest absolute Gasteiger partial charge is 0.222 e. The maximum Gasteiger partial charge on any atom is 0.222 e. The van der Waals surface area contributed by atoms with Gasteiger partial charge in [0, 0.05) is 42.9 Å². The number of carbonyl (C=O) groups is 1. The van der Waals surface area contributed by atoms with Gasteiger partial charge in [-0.15, -0.1) is 0 Å². The summed E-state index contributed by atoms with van der Waals surface area (Å²) in [7, 11) is 0. The molecule has 1 unspecified atom stereocenters. The zero-order valence-electron chi connectivity index (χ0n) is 22.3. The number of carbonyl (C=O) groups excluding carboxylic acids is 1. The average molecular weight is 510 g/mol. The lowest BCUT2D eigenvalue weighted by molar-refractivity contribution is -0.130. The Labute approximate surface area is 223 Å². The first-order valence-corrected chi connectivity index (χ1v) is 13.6. The molecule has 0 radical (unpaired) electrons. The fraction of sp³-hybridized carbons (Fsp3) is 0.387. The molecule has 2 aliphatic rings. The van der Waals surface area contributed by atoms with Crippen LogP contribution < -0.4 is 5.73 Å². The van der Waals surface area contributed by atoms with E-state index in [1.165, 1.54) is 5.56 Å². The minimum atomic E-state index is -1.13. The zero-order valence-corrected chi connectivity index (χ0v) is 22.3. The van der Waals surface area contributed by atoms with Gasteiger partial charge in [0.1, 0.15) is 28.5 Å². The van der Waals surface area contributed by atoms with Crippen LogP contribution in [-0.2, 0) is 10.4 Å². The van der Waals surface area contributed by atoms with Crippen molar-refractivity contribution in [2.75, 3.05) is 12.3 Å². The van der Waals surface area contributed by atoms with Crippen molar-refractivity contribution < 1.29 is 9.90 Å². The van der Waals surface area contributed by atoms with E-state index < -0.39 is 5.60 Å². The van der Waals surface area contributed by atoms with Crippen molar-refractivity contribution in [3.63, 3.8) is 0 Å². The van der Waals surface area contributed by atoms with Crippen LogP contribution in [0.4, 0.5) is 5.82 Å². The number of anilines is 1. The van der Waals surface area contributed by atoms with Gasteiger partial charge in [0.05, 0.1) is 0 Å². The number of fused-ring (bicyclic) bond motifs is 2. The molecular weight excluding hydrogens is 474 g/mol. The Kier molecular flexibility index (Phi) is 5.99. The molecule has 2 saturated heterocycles. The van der Waals surface area contributed by atoms with Gasteiger partial charge in [0.25, 0.3) is 0 Å². The second kappa shape index (κ2) is 9.24. The number of hydrogen-bond donors (Lipinski definition) is 2. The third kappa shape index (κ3) is 4.06. The highest BCUT2D eigenvalue weighted by molar-refractivity contribution is 5.85. The van der Waals surface area contributed by atoms with E-state index in [1.54, 1.807) is 6.20 Å². The van der Waals surface area contributed by atoms with Gasteiger partial charge in [0.2, 0.25) is 5.91 Å². The van der Waals surface area contributed by atoms with Gasteiger partial charge in [-0.1, -0.05) is 62.4 Å². The minimum Gasteiger partial charge on any atom is -0.382 e. The molecule has 0 bridgehead atoms. The van der Waals surface area contributed by atoms with Crippen molar-refractivity contribution in [3.05, 3.63) is 83.4 Å². The molecule has 2 aromatic heterocycles. The first-order valence-electron chi connectivity index (χ1n) is 13.6. The Balaban J connectivity index is 1.36. The molecule has 0 saturated carbocycles. The predicted molar refractivity (Wildman–Crippen MR) is 149 cm³/mol. The van der Waals surface area contributed by atoms with Crippen LogP contribution in [0.1, 0.15) is 80.8 Å². The highest BCUT2D eigenvalue weighted by Crippen LogP contribution is 2.39. The van der Waals surface area contributed by atoms with Crippen LogP contribution in [0.2, 0.25) is 0 Å². The molecule has 7 heteroatoms. The van der Waals surface area contributed by atoms with Crippen molar-refractivity contribution in [2.45, 2.75) is 69.9 Å².